The summed E-state index contributed by atoms with van der Waals surface area (Å²) in [5, 5.41) is 3.34. The molecule has 4 rings (SSSR count). The second-order valence-electron chi connectivity index (χ2n) is 7.84. The lowest BCUT2D eigenvalue weighted by Crippen LogP contribution is -2.39. The van der Waals surface area contributed by atoms with Crippen LogP contribution in [-0.4, -0.2) is 29.9 Å². The van der Waals surface area contributed by atoms with E-state index >= 15 is 0 Å². The largest absolute Gasteiger partial charge is 0.339 e. The second-order valence-corrected chi connectivity index (χ2v) is 7.84. The fourth-order valence-electron chi connectivity index (χ4n) is 4.83. The molecule has 2 fully saturated rings. The molecule has 25 heavy (non-hydrogen) atoms. The van der Waals surface area contributed by atoms with E-state index in [1.165, 1.54) is 18.9 Å². The maximum atomic E-state index is 13.6. The third-order valence-corrected chi connectivity index (χ3v) is 6.23. The number of allylic oxidation sites excluding steroid dienone is 2. The van der Waals surface area contributed by atoms with E-state index in [0.717, 1.165) is 31.8 Å². The van der Waals surface area contributed by atoms with Gasteiger partial charge < -0.3 is 10.2 Å². The summed E-state index contributed by atoms with van der Waals surface area (Å²) in [6, 6.07) is 7.24. The van der Waals surface area contributed by atoms with E-state index in [9.17, 15) is 9.18 Å². The first kappa shape index (κ1) is 16.8. The van der Waals surface area contributed by atoms with Crippen LogP contribution >= 0.6 is 0 Å². The molecule has 0 radical (unpaired) electrons. The molecule has 1 aliphatic heterocycles. The first-order valence-corrected chi connectivity index (χ1v) is 9.62. The van der Waals surface area contributed by atoms with Gasteiger partial charge in [0.2, 0.25) is 5.91 Å². The Bertz CT molecular complexity index is 659. The lowest BCUT2D eigenvalue weighted by atomic mass is 9.92. The van der Waals surface area contributed by atoms with Crippen molar-refractivity contribution in [3.05, 3.63) is 47.8 Å². The van der Waals surface area contributed by atoms with Crippen molar-refractivity contribution in [1.82, 2.24) is 10.2 Å². The number of amides is 1. The van der Waals surface area contributed by atoms with Gasteiger partial charge >= 0.3 is 0 Å². The monoisotopic (exact) mass is 342 g/mol. The van der Waals surface area contributed by atoms with Gasteiger partial charge in [0.25, 0.3) is 0 Å². The first-order valence-electron chi connectivity index (χ1n) is 9.62. The second kappa shape index (κ2) is 7.28. The minimum Gasteiger partial charge on any atom is -0.339 e. The number of carbonyl (C=O) groups is 1. The summed E-state index contributed by atoms with van der Waals surface area (Å²) in [4.78, 5) is 14.5. The third kappa shape index (κ3) is 3.64. The fourth-order valence-corrected chi connectivity index (χ4v) is 4.83. The molecule has 0 aromatic heterocycles. The van der Waals surface area contributed by atoms with Crippen molar-refractivity contribution in [2.75, 3.05) is 13.1 Å². The van der Waals surface area contributed by atoms with E-state index in [1.54, 1.807) is 6.07 Å². The van der Waals surface area contributed by atoms with Gasteiger partial charge in [-0.25, -0.2) is 4.39 Å². The number of halogens is 1. The maximum Gasteiger partial charge on any atom is 0.222 e. The van der Waals surface area contributed by atoms with Gasteiger partial charge in [-0.05, 0) is 56.0 Å². The lowest BCUT2D eigenvalue weighted by Gasteiger charge is -2.30. The Morgan fingerprint density at radius 3 is 2.84 bits per heavy atom. The average molecular weight is 342 g/mol. The zero-order valence-corrected chi connectivity index (χ0v) is 14.7. The van der Waals surface area contributed by atoms with Crippen LogP contribution in [0.4, 0.5) is 4.39 Å². The van der Waals surface area contributed by atoms with E-state index < -0.39 is 0 Å². The maximum absolute atomic E-state index is 13.6. The van der Waals surface area contributed by atoms with Gasteiger partial charge in [0.15, 0.2) is 0 Å². The third-order valence-electron chi connectivity index (χ3n) is 6.23. The van der Waals surface area contributed by atoms with Crippen molar-refractivity contribution in [3.8, 4) is 0 Å². The summed E-state index contributed by atoms with van der Waals surface area (Å²) >= 11 is 0. The van der Waals surface area contributed by atoms with Crippen molar-refractivity contribution in [1.29, 1.82) is 0 Å². The van der Waals surface area contributed by atoms with Crippen molar-refractivity contribution in [2.45, 2.75) is 44.7 Å². The zero-order valence-electron chi connectivity index (χ0n) is 14.7. The fraction of sp³-hybridized carbons (Fsp3) is 0.571. The van der Waals surface area contributed by atoms with Crippen LogP contribution in [0.5, 0.6) is 0 Å². The molecule has 3 nitrogen and oxygen atoms in total. The number of likely N-dealkylation sites (tertiary alicyclic amines) is 1. The zero-order chi connectivity index (χ0) is 17.2. The van der Waals surface area contributed by atoms with Crippen LogP contribution in [-0.2, 0) is 11.3 Å². The van der Waals surface area contributed by atoms with Crippen LogP contribution in [0.1, 0.15) is 37.7 Å². The molecule has 1 unspecified atom stereocenters. The van der Waals surface area contributed by atoms with Crippen molar-refractivity contribution in [2.24, 2.45) is 17.8 Å². The number of hydrogen-bond donors (Lipinski definition) is 1. The summed E-state index contributed by atoms with van der Waals surface area (Å²) in [6.45, 7) is 2.30. The molecule has 1 amide bonds. The van der Waals surface area contributed by atoms with E-state index in [2.05, 4.69) is 22.4 Å². The highest BCUT2D eigenvalue weighted by Gasteiger charge is 2.39. The molecule has 4 atom stereocenters. The molecule has 1 N–H and O–H groups in total. The highest BCUT2D eigenvalue weighted by molar-refractivity contribution is 5.78. The van der Waals surface area contributed by atoms with Crippen LogP contribution in [0, 0.1) is 23.6 Å². The summed E-state index contributed by atoms with van der Waals surface area (Å²) in [7, 11) is 0. The summed E-state index contributed by atoms with van der Waals surface area (Å²) in [5.41, 5.74) is 0.704. The minimum absolute atomic E-state index is 0.156. The van der Waals surface area contributed by atoms with Gasteiger partial charge in [-0.3, -0.25) is 4.79 Å². The van der Waals surface area contributed by atoms with Crippen LogP contribution in [0.25, 0.3) is 0 Å². The Hall–Kier alpha value is -1.68. The van der Waals surface area contributed by atoms with Gasteiger partial charge in [0.1, 0.15) is 5.82 Å². The topological polar surface area (TPSA) is 32.3 Å². The van der Waals surface area contributed by atoms with Gasteiger partial charge in [-0.1, -0.05) is 30.4 Å². The van der Waals surface area contributed by atoms with Crippen LogP contribution < -0.4 is 5.32 Å². The number of benzene rings is 1. The van der Waals surface area contributed by atoms with Gasteiger partial charge in [-0.15, -0.1) is 0 Å². The van der Waals surface area contributed by atoms with E-state index in [4.69, 9.17) is 0 Å². The number of fused-ring (bicyclic) bond motifs is 2. The Morgan fingerprint density at radius 1 is 1.20 bits per heavy atom. The molecule has 1 saturated carbocycles. The minimum atomic E-state index is -0.156. The van der Waals surface area contributed by atoms with Gasteiger partial charge in [-0.2, -0.15) is 0 Å². The molecular weight excluding hydrogens is 315 g/mol. The highest BCUT2D eigenvalue weighted by atomic mass is 19.1. The van der Waals surface area contributed by atoms with Crippen molar-refractivity contribution < 1.29 is 9.18 Å². The predicted octanol–water partition coefficient (Wildman–Crippen LogP) is 3.51. The lowest BCUT2D eigenvalue weighted by molar-refractivity contribution is -0.129. The van der Waals surface area contributed by atoms with Crippen molar-refractivity contribution >= 4 is 5.91 Å². The molecule has 1 heterocycles. The Kier molecular flexibility index (Phi) is 4.89. The molecule has 1 aromatic rings. The van der Waals surface area contributed by atoms with Gasteiger partial charge in [0, 0.05) is 31.1 Å². The predicted molar refractivity (Wildman–Crippen MR) is 96.3 cm³/mol. The average Bonchev–Trinajstić information content (AvgIpc) is 3.31. The summed E-state index contributed by atoms with van der Waals surface area (Å²) in [5.74, 6) is 2.28. The first-order chi connectivity index (χ1) is 12.2. The Morgan fingerprint density at radius 2 is 2.08 bits per heavy atom. The van der Waals surface area contributed by atoms with Gasteiger partial charge in [0.05, 0.1) is 0 Å². The van der Waals surface area contributed by atoms with E-state index in [1.807, 2.05) is 12.1 Å². The molecule has 0 spiro atoms. The molecule has 4 heteroatoms. The molecule has 2 aliphatic carbocycles. The highest BCUT2D eigenvalue weighted by Crippen LogP contribution is 2.44. The summed E-state index contributed by atoms with van der Waals surface area (Å²) < 4.78 is 13.6. The number of nitrogens with zero attached hydrogens (tertiary/aromatic N) is 1. The van der Waals surface area contributed by atoms with E-state index in [-0.39, 0.29) is 5.82 Å². The molecule has 134 valence electrons. The van der Waals surface area contributed by atoms with Crippen LogP contribution in [0.3, 0.4) is 0 Å². The normalized spacial score (nSPS) is 30.6. The Labute approximate surface area is 149 Å². The van der Waals surface area contributed by atoms with E-state index in [0.29, 0.717) is 42.3 Å². The summed E-state index contributed by atoms with van der Waals surface area (Å²) in [6.07, 6.45) is 9.88. The molecule has 2 bridgehead atoms. The van der Waals surface area contributed by atoms with Crippen LogP contribution in [0.2, 0.25) is 0 Å². The number of nitrogens with one attached hydrogen (secondary N) is 1. The standard InChI is InChI=1S/C21H27FN2O/c22-20-4-2-1-3-17(20)13-23-10-9-19-7-8-21(25)24(19)14-18-12-15-5-6-16(18)11-15/h1-6,15-16,18-19,23H,7-14H2/t15-,16+,18-,19?/m0/s1. The van der Waals surface area contributed by atoms with Crippen LogP contribution in [0.15, 0.2) is 36.4 Å². The SMILES string of the molecule is O=C1CCC(CCNCc2ccccc2F)N1C[C@@H]1C[C@H]2C=C[C@@H]1C2. The molecule has 1 saturated heterocycles. The smallest absolute Gasteiger partial charge is 0.222 e. The number of hydrogen-bond acceptors (Lipinski definition) is 2. The van der Waals surface area contributed by atoms with Crippen molar-refractivity contribution in [3.63, 3.8) is 0 Å². The molecule has 1 aromatic carbocycles. The molecular formula is C21H27FN2O. The number of rotatable bonds is 7. The molecule has 3 aliphatic rings. The Balaban J connectivity index is 1.26. The number of carbonyl (C=O) groups excluding carboxylic acids is 1. The quantitative estimate of drug-likeness (QED) is 0.607.